The van der Waals surface area contributed by atoms with Crippen LogP contribution in [0.3, 0.4) is 0 Å². The molecule has 104 valence electrons. The van der Waals surface area contributed by atoms with Crippen molar-refractivity contribution in [3.8, 4) is 0 Å². The molecule has 17 heavy (non-hydrogen) atoms. The summed E-state index contributed by atoms with van der Waals surface area (Å²) in [5.74, 6) is 0. The van der Waals surface area contributed by atoms with Gasteiger partial charge in [-0.05, 0) is 13.3 Å². The molecule has 8 heteroatoms. The average molecular weight is 276 g/mol. The second-order valence-corrected chi connectivity index (χ2v) is 6.54. The van der Waals surface area contributed by atoms with Crippen LogP contribution in [0.5, 0.6) is 0 Å². The molecule has 1 atom stereocenters. The van der Waals surface area contributed by atoms with Crippen LogP contribution in [0.1, 0.15) is 13.3 Å². The molecule has 0 heterocycles. The predicted octanol–water partition coefficient (Wildman–Crippen LogP) is 2.22. The third-order valence-electron chi connectivity index (χ3n) is 2.39. The highest BCUT2D eigenvalue weighted by Crippen LogP contribution is 2.23. The van der Waals surface area contributed by atoms with E-state index >= 15 is 0 Å². The Morgan fingerprint density at radius 3 is 1.88 bits per heavy atom. The highest BCUT2D eigenvalue weighted by molar-refractivity contribution is 6.60. The Morgan fingerprint density at radius 2 is 1.53 bits per heavy atom. The number of ether oxygens (including phenoxy) is 1. The molecule has 0 aliphatic carbocycles. The Bertz CT molecular complexity index is 201. The van der Waals surface area contributed by atoms with Gasteiger partial charge in [0.25, 0.3) is 0 Å². The standard InChI is InChI=1S/C9H19F3O4Si/c1-8(9(10,11)12)16-6-5-7-17(13-2,14-3)15-4/h8H,5-7H2,1-4H3. The lowest BCUT2D eigenvalue weighted by atomic mass is 10.4. The molecule has 0 amide bonds. The van der Waals surface area contributed by atoms with Crippen LogP contribution in [0.4, 0.5) is 13.2 Å². The van der Waals surface area contributed by atoms with E-state index in [4.69, 9.17) is 13.3 Å². The molecule has 0 saturated heterocycles. The Balaban J connectivity index is 3.91. The van der Waals surface area contributed by atoms with Crippen molar-refractivity contribution >= 4 is 8.80 Å². The number of halogens is 3. The number of alkyl halides is 3. The van der Waals surface area contributed by atoms with Crippen molar-refractivity contribution in [2.75, 3.05) is 27.9 Å². The summed E-state index contributed by atoms with van der Waals surface area (Å²) in [5, 5.41) is 0. The smallest absolute Gasteiger partial charge is 0.377 e. The van der Waals surface area contributed by atoms with E-state index < -0.39 is 21.1 Å². The number of rotatable bonds is 8. The Kier molecular flexibility index (Phi) is 7.25. The summed E-state index contributed by atoms with van der Waals surface area (Å²) in [4.78, 5) is 0. The van der Waals surface area contributed by atoms with Crippen LogP contribution < -0.4 is 0 Å². The second-order valence-electron chi connectivity index (χ2n) is 3.45. The van der Waals surface area contributed by atoms with Gasteiger partial charge in [-0.3, -0.25) is 0 Å². The number of hydrogen-bond donors (Lipinski definition) is 0. The lowest BCUT2D eigenvalue weighted by molar-refractivity contribution is -0.214. The normalized spacial score (nSPS) is 15.0. The average Bonchev–Trinajstić information content (AvgIpc) is 2.29. The molecule has 0 aromatic carbocycles. The molecule has 0 aromatic heterocycles. The zero-order valence-corrected chi connectivity index (χ0v) is 11.5. The summed E-state index contributed by atoms with van der Waals surface area (Å²) in [6.07, 6.45) is -5.69. The zero-order chi connectivity index (χ0) is 13.5. The summed E-state index contributed by atoms with van der Waals surface area (Å²) in [6, 6.07) is 0.418. The Labute approximate surface area is 100 Å². The third kappa shape index (κ3) is 5.82. The van der Waals surface area contributed by atoms with Crippen molar-refractivity contribution in [1.82, 2.24) is 0 Å². The first-order valence-electron chi connectivity index (χ1n) is 5.15. The van der Waals surface area contributed by atoms with Crippen molar-refractivity contribution < 1.29 is 31.2 Å². The monoisotopic (exact) mass is 276 g/mol. The first-order valence-corrected chi connectivity index (χ1v) is 7.08. The van der Waals surface area contributed by atoms with E-state index in [0.29, 0.717) is 12.5 Å². The fourth-order valence-electron chi connectivity index (χ4n) is 1.20. The molecule has 4 nitrogen and oxygen atoms in total. The lowest BCUT2D eigenvalue weighted by Crippen LogP contribution is -2.43. The summed E-state index contributed by atoms with van der Waals surface area (Å²) in [5.41, 5.74) is 0. The summed E-state index contributed by atoms with van der Waals surface area (Å²) in [7, 11) is 1.67. The van der Waals surface area contributed by atoms with Gasteiger partial charge >= 0.3 is 15.0 Å². The maximum atomic E-state index is 12.1. The van der Waals surface area contributed by atoms with E-state index in [2.05, 4.69) is 4.74 Å². The van der Waals surface area contributed by atoms with E-state index in [1.165, 1.54) is 21.3 Å². The minimum atomic E-state index is -4.32. The molecule has 0 aliphatic rings. The van der Waals surface area contributed by atoms with Crippen molar-refractivity contribution in [3.05, 3.63) is 0 Å². The van der Waals surface area contributed by atoms with Crippen LogP contribution >= 0.6 is 0 Å². The molecule has 0 radical (unpaired) electrons. The minimum Gasteiger partial charge on any atom is -0.377 e. The molecular formula is C9H19F3O4Si. The Hall–Kier alpha value is -0.153. The van der Waals surface area contributed by atoms with E-state index in [1.807, 2.05) is 0 Å². The topological polar surface area (TPSA) is 36.9 Å². The van der Waals surface area contributed by atoms with Crippen molar-refractivity contribution in [2.45, 2.75) is 31.7 Å². The molecule has 0 saturated carbocycles. The van der Waals surface area contributed by atoms with Gasteiger partial charge in [-0.25, -0.2) is 0 Å². The molecular weight excluding hydrogens is 257 g/mol. The fourth-order valence-corrected chi connectivity index (χ4v) is 2.89. The number of hydrogen-bond acceptors (Lipinski definition) is 4. The molecule has 0 spiro atoms. The van der Waals surface area contributed by atoms with Crippen LogP contribution in [-0.2, 0) is 18.0 Å². The van der Waals surface area contributed by atoms with Gasteiger partial charge in [-0.2, -0.15) is 13.2 Å². The quantitative estimate of drug-likeness (QED) is 0.503. The summed E-state index contributed by atoms with van der Waals surface area (Å²) >= 11 is 0. The van der Waals surface area contributed by atoms with E-state index in [0.717, 1.165) is 6.92 Å². The third-order valence-corrected chi connectivity index (χ3v) is 5.22. The van der Waals surface area contributed by atoms with Gasteiger partial charge in [0.2, 0.25) is 0 Å². The maximum absolute atomic E-state index is 12.1. The van der Waals surface area contributed by atoms with E-state index in [9.17, 15) is 13.2 Å². The first kappa shape index (κ1) is 16.8. The minimum absolute atomic E-state index is 0.00843. The Morgan fingerprint density at radius 1 is 1.06 bits per heavy atom. The molecule has 0 N–H and O–H groups in total. The SMILES string of the molecule is CO[Si](CCCOC(C)C(F)(F)F)(OC)OC. The molecule has 0 fully saturated rings. The fraction of sp³-hybridized carbons (Fsp3) is 1.00. The van der Waals surface area contributed by atoms with Gasteiger partial charge in [0.1, 0.15) is 0 Å². The summed E-state index contributed by atoms with van der Waals surface area (Å²) in [6.45, 7) is 0.971. The van der Waals surface area contributed by atoms with Gasteiger partial charge in [0.05, 0.1) is 0 Å². The highest BCUT2D eigenvalue weighted by atomic mass is 28.4. The van der Waals surface area contributed by atoms with Crippen molar-refractivity contribution in [1.29, 1.82) is 0 Å². The maximum Gasteiger partial charge on any atom is 0.500 e. The van der Waals surface area contributed by atoms with Crippen molar-refractivity contribution in [2.24, 2.45) is 0 Å². The zero-order valence-electron chi connectivity index (χ0n) is 10.5. The van der Waals surface area contributed by atoms with E-state index in [-0.39, 0.29) is 6.61 Å². The van der Waals surface area contributed by atoms with Gasteiger partial charge in [-0.15, -0.1) is 0 Å². The van der Waals surface area contributed by atoms with Crippen LogP contribution in [0, 0.1) is 0 Å². The van der Waals surface area contributed by atoms with Crippen molar-refractivity contribution in [3.63, 3.8) is 0 Å². The van der Waals surface area contributed by atoms with Crippen LogP contribution in [0.25, 0.3) is 0 Å². The molecule has 0 bridgehead atoms. The highest BCUT2D eigenvalue weighted by Gasteiger charge is 2.39. The van der Waals surface area contributed by atoms with Crippen LogP contribution in [0.15, 0.2) is 0 Å². The van der Waals surface area contributed by atoms with Crippen LogP contribution in [0.2, 0.25) is 6.04 Å². The molecule has 1 unspecified atom stereocenters. The van der Waals surface area contributed by atoms with Crippen LogP contribution in [-0.4, -0.2) is 49.0 Å². The molecule has 0 rings (SSSR count). The first-order chi connectivity index (χ1) is 7.81. The predicted molar refractivity (Wildman–Crippen MR) is 57.7 cm³/mol. The van der Waals surface area contributed by atoms with Gasteiger partial charge in [0, 0.05) is 34.0 Å². The van der Waals surface area contributed by atoms with Gasteiger partial charge in [-0.1, -0.05) is 0 Å². The summed E-state index contributed by atoms with van der Waals surface area (Å²) < 4.78 is 56.4. The van der Waals surface area contributed by atoms with Gasteiger partial charge in [0.15, 0.2) is 6.10 Å². The lowest BCUT2D eigenvalue weighted by Gasteiger charge is -2.24. The largest absolute Gasteiger partial charge is 0.500 e. The van der Waals surface area contributed by atoms with Gasteiger partial charge < -0.3 is 18.0 Å². The molecule has 0 aromatic rings. The van der Waals surface area contributed by atoms with E-state index in [1.54, 1.807) is 0 Å². The molecule has 0 aliphatic heterocycles. The second kappa shape index (κ2) is 7.32.